The van der Waals surface area contributed by atoms with Crippen LogP contribution in [0.25, 0.3) is 21.7 Å². The second-order valence-electron chi connectivity index (χ2n) is 6.18. The summed E-state index contributed by atoms with van der Waals surface area (Å²) in [6, 6.07) is 23.2. The first kappa shape index (κ1) is 15.9. The minimum atomic E-state index is -0.0545. The summed E-state index contributed by atoms with van der Waals surface area (Å²) in [6.45, 7) is 0.779. The van der Waals surface area contributed by atoms with Crippen molar-refractivity contribution in [1.29, 1.82) is 0 Å². The van der Waals surface area contributed by atoms with Crippen molar-refractivity contribution in [2.24, 2.45) is 21.7 Å². The van der Waals surface area contributed by atoms with Crippen LogP contribution in [0.4, 0.5) is 0 Å². The molecular formula is C21H19N5. The Hall–Kier alpha value is -3.60. The highest BCUT2D eigenvalue weighted by molar-refractivity contribution is 5.99. The standard InChI is InChI=1S/C21H19N5/c22-21(23)25-24-12-18-14-26(20-8-4-3-7-19(18)20)13-15-9-10-16-5-1-2-6-17(16)11-15/h1-12,14H,13H2,(H4,22,23,25)/b24-12+. The molecule has 3 aromatic carbocycles. The van der Waals surface area contributed by atoms with Crippen LogP contribution < -0.4 is 11.5 Å². The van der Waals surface area contributed by atoms with Crippen LogP contribution in [-0.4, -0.2) is 16.7 Å². The molecule has 1 aromatic heterocycles. The van der Waals surface area contributed by atoms with Crippen LogP contribution >= 0.6 is 0 Å². The van der Waals surface area contributed by atoms with Gasteiger partial charge in [-0.3, -0.25) is 0 Å². The van der Waals surface area contributed by atoms with Gasteiger partial charge in [-0.15, -0.1) is 5.10 Å². The van der Waals surface area contributed by atoms with Gasteiger partial charge in [0.2, 0.25) is 5.96 Å². The van der Waals surface area contributed by atoms with E-state index in [2.05, 4.69) is 75.6 Å². The molecule has 128 valence electrons. The van der Waals surface area contributed by atoms with Crippen molar-refractivity contribution in [3.63, 3.8) is 0 Å². The van der Waals surface area contributed by atoms with E-state index in [0.717, 1.165) is 23.0 Å². The van der Waals surface area contributed by atoms with Gasteiger partial charge >= 0.3 is 0 Å². The van der Waals surface area contributed by atoms with E-state index in [1.165, 1.54) is 16.3 Å². The van der Waals surface area contributed by atoms with Gasteiger partial charge in [0.25, 0.3) is 0 Å². The highest BCUT2D eigenvalue weighted by Crippen LogP contribution is 2.23. The highest BCUT2D eigenvalue weighted by Gasteiger charge is 2.07. The van der Waals surface area contributed by atoms with E-state index in [4.69, 9.17) is 11.5 Å². The maximum Gasteiger partial charge on any atom is 0.211 e. The molecule has 4 rings (SSSR count). The molecule has 0 aliphatic rings. The summed E-state index contributed by atoms with van der Waals surface area (Å²) in [7, 11) is 0. The molecule has 5 nitrogen and oxygen atoms in total. The Morgan fingerprint density at radius 1 is 0.923 bits per heavy atom. The molecule has 4 N–H and O–H groups in total. The molecule has 0 unspecified atom stereocenters. The average molecular weight is 341 g/mol. The van der Waals surface area contributed by atoms with Crippen LogP contribution in [0.15, 0.2) is 83.1 Å². The second-order valence-corrected chi connectivity index (χ2v) is 6.18. The molecule has 0 aliphatic carbocycles. The van der Waals surface area contributed by atoms with Gasteiger partial charge in [-0.1, -0.05) is 54.6 Å². The lowest BCUT2D eigenvalue weighted by atomic mass is 10.1. The quantitative estimate of drug-likeness (QED) is 0.339. The molecule has 5 heteroatoms. The topological polar surface area (TPSA) is 81.7 Å². The van der Waals surface area contributed by atoms with E-state index in [9.17, 15) is 0 Å². The lowest BCUT2D eigenvalue weighted by molar-refractivity contribution is 0.837. The van der Waals surface area contributed by atoms with Crippen LogP contribution in [0.5, 0.6) is 0 Å². The number of rotatable bonds is 4. The summed E-state index contributed by atoms with van der Waals surface area (Å²) >= 11 is 0. The van der Waals surface area contributed by atoms with Crippen molar-refractivity contribution in [2.75, 3.05) is 0 Å². The number of guanidine groups is 1. The third-order valence-corrected chi connectivity index (χ3v) is 4.36. The molecule has 0 spiro atoms. The maximum atomic E-state index is 5.33. The molecule has 26 heavy (non-hydrogen) atoms. The summed E-state index contributed by atoms with van der Waals surface area (Å²) < 4.78 is 2.22. The number of benzene rings is 3. The van der Waals surface area contributed by atoms with Crippen molar-refractivity contribution in [3.8, 4) is 0 Å². The van der Waals surface area contributed by atoms with Crippen LogP contribution in [0.2, 0.25) is 0 Å². The van der Waals surface area contributed by atoms with E-state index < -0.39 is 0 Å². The third kappa shape index (κ3) is 3.15. The Balaban J connectivity index is 1.73. The van der Waals surface area contributed by atoms with Gasteiger partial charge in [-0.25, -0.2) is 0 Å². The summed E-state index contributed by atoms with van der Waals surface area (Å²) in [5.74, 6) is -0.0545. The van der Waals surface area contributed by atoms with E-state index >= 15 is 0 Å². The summed E-state index contributed by atoms with van der Waals surface area (Å²) in [5, 5.41) is 11.2. The van der Waals surface area contributed by atoms with Crippen molar-refractivity contribution in [3.05, 3.63) is 84.1 Å². The van der Waals surface area contributed by atoms with Crippen molar-refractivity contribution in [2.45, 2.75) is 6.54 Å². The van der Waals surface area contributed by atoms with Gasteiger partial charge in [0.15, 0.2) is 0 Å². The van der Waals surface area contributed by atoms with Gasteiger partial charge in [-0.05, 0) is 28.5 Å². The lowest BCUT2D eigenvalue weighted by Gasteiger charge is -2.07. The van der Waals surface area contributed by atoms with Gasteiger partial charge in [-0.2, -0.15) is 5.10 Å². The molecule has 0 saturated carbocycles. The Morgan fingerprint density at radius 2 is 1.69 bits per heavy atom. The van der Waals surface area contributed by atoms with Gasteiger partial charge in [0.1, 0.15) is 0 Å². The summed E-state index contributed by atoms with van der Waals surface area (Å²) in [5.41, 5.74) is 14.0. The fraction of sp³-hybridized carbons (Fsp3) is 0.0476. The number of nitrogens with zero attached hydrogens (tertiary/aromatic N) is 3. The number of para-hydroxylation sites is 1. The summed E-state index contributed by atoms with van der Waals surface area (Å²) in [4.78, 5) is 0. The first-order chi connectivity index (χ1) is 12.7. The molecule has 4 aromatic rings. The average Bonchev–Trinajstić information content (AvgIpc) is 2.99. The van der Waals surface area contributed by atoms with E-state index in [-0.39, 0.29) is 5.96 Å². The van der Waals surface area contributed by atoms with Crippen LogP contribution in [0.1, 0.15) is 11.1 Å². The maximum absolute atomic E-state index is 5.33. The number of hydrogen-bond acceptors (Lipinski definition) is 2. The Morgan fingerprint density at radius 3 is 2.54 bits per heavy atom. The fourth-order valence-electron chi connectivity index (χ4n) is 3.20. The molecule has 0 radical (unpaired) electrons. The molecule has 0 atom stereocenters. The second kappa shape index (κ2) is 6.72. The molecule has 0 aliphatic heterocycles. The Labute approximate surface area is 151 Å². The van der Waals surface area contributed by atoms with Gasteiger partial charge in [0.05, 0.1) is 6.21 Å². The minimum absolute atomic E-state index is 0.0545. The minimum Gasteiger partial charge on any atom is -0.369 e. The zero-order valence-electron chi connectivity index (χ0n) is 14.2. The molecule has 0 saturated heterocycles. The number of hydrogen-bond donors (Lipinski definition) is 2. The number of nitrogens with two attached hydrogens (primary N) is 2. The summed E-state index contributed by atoms with van der Waals surface area (Å²) in [6.07, 6.45) is 3.75. The SMILES string of the molecule is NC(N)=N/N=C/c1cn(Cc2ccc3ccccc3c2)c2ccccc12. The lowest BCUT2D eigenvalue weighted by Crippen LogP contribution is -2.21. The van der Waals surface area contributed by atoms with E-state index in [0.29, 0.717) is 0 Å². The molecule has 0 bridgehead atoms. The fourth-order valence-corrected chi connectivity index (χ4v) is 3.20. The molecular weight excluding hydrogens is 322 g/mol. The van der Waals surface area contributed by atoms with Gasteiger partial charge in [0, 0.05) is 29.2 Å². The normalized spacial score (nSPS) is 11.4. The zero-order valence-corrected chi connectivity index (χ0v) is 14.2. The van der Waals surface area contributed by atoms with Crippen LogP contribution in [0.3, 0.4) is 0 Å². The largest absolute Gasteiger partial charge is 0.369 e. The first-order valence-electron chi connectivity index (χ1n) is 8.38. The number of fused-ring (bicyclic) bond motifs is 2. The zero-order chi connectivity index (χ0) is 17.9. The Kier molecular flexibility index (Phi) is 4.11. The van der Waals surface area contributed by atoms with Crippen molar-refractivity contribution >= 4 is 33.8 Å². The highest BCUT2D eigenvalue weighted by atomic mass is 15.3. The Bertz CT molecular complexity index is 1130. The monoisotopic (exact) mass is 341 g/mol. The molecule has 0 fully saturated rings. The smallest absolute Gasteiger partial charge is 0.211 e. The predicted molar refractivity (Wildman–Crippen MR) is 108 cm³/mol. The molecule has 0 amide bonds. The van der Waals surface area contributed by atoms with E-state index in [1.54, 1.807) is 6.21 Å². The molecule has 1 heterocycles. The number of aromatic nitrogens is 1. The van der Waals surface area contributed by atoms with Crippen LogP contribution in [0, 0.1) is 0 Å². The van der Waals surface area contributed by atoms with Crippen molar-refractivity contribution < 1.29 is 0 Å². The third-order valence-electron chi connectivity index (χ3n) is 4.36. The van der Waals surface area contributed by atoms with Crippen LogP contribution in [-0.2, 0) is 6.54 Å². The van der Waals surface area contributed by atoms with Crippen molar-refractivity contribution in [1.82, 2.24) is 4.57 Å². The van der Waals surface area contributed by atoms with Gasteiger partial charge < -0.3 is 16.0 Å². The van der Waals surface area contributed by atoms with E-state index in [1.807, 2.05) is 12.1 Å². The first-order valence-corrected chi connectivity index (χ1v) is 8.38. The predicted octanol–water partition coefficient (Wildman–Crippen LogP) is 3.45.